The van der Waals surface area contributed by atoms with Crippen molar-refractivity contribution in [2.24, 2.45) is 0 Å². The van der Waals surface area contributed by atoms with Crippen LogP contribution in [0.5, 0.6) is 0 Å². The van der Waals surface area contributed by atoms with Crippen LogP contribution in [-0.2, 0) is 10.2 Å². The SMILES string of the molecule is CCC(CC)(CNC(=O)C1CCCN1)c1ccccc1. The number of amides is 1. The summed E-state index contributed by atoms with van der Waals surface area (Å²) in [6, 6.07) is 10.6. The zero-order chi connectivity index (χ0) is 14.4. The topological polar surface area (TPSA) is 41.1 Å². The average molecular weight is 274 g/mol. The summed E-state index contributed by atoms with van der Waals surface area (Å²) in [5.41, 5.74) is 1.37. The Morgan fingerprint density at radius 3 is 2.55 bits per heavy atom. The van der Waals surface area contributed by atoms with Crippen molar-refractivity contribution in [2.75, 3.05) is 13.1 Å². The largest absolute Gasteiger partial charge is 0.354 e. The Balaban J connectivity index is 2.04. The van der Waals surface area contributed by atoms with Gasteiger partial charge in [-0.25, -0.2) is 0 Å². The molecule has 0 radical (unpaired) electrons. The third-order valence-corrected chi connectivity index (χ3v) is 4.72. The molecule has 2 rings (SSSR count). The van der Waals surface area contributed by atoms with Crippen LogP contribution in [0.3, 0.4) is 0 Å². The van der Waals surface area contributed by atoms with Crippen molar-refractivity contribution < 1.29 is 4.79 Å². The molecule has 1 fully saturated rings. The monoisotopic (exact) mass is 274 g/mol. The summed E-state index contributed by atoms with van der Waals surface area (Å²) in [6.07, 6.45) is 4.13. The van der Waals surface area contributed by atoms with Gasteiger partial charge in [-0.05, 0) is 37.8 Å². The molecule has 1 atom stereocenters. The lowest BCUT2D eigenvalue weighted by Crippen LogP contribution is -2.46. The van der Waals surface area contributed by atoms with E-state index in [4.69, 9.17) is 0 Å². The molecule has 1 aliphatic heterocycles. The molecule has 110 valence electrons. The molecule has 1 saturated heterocycles. The Labute approximate surface area is 122 Å². The maximum absolute atomic E-state index is 12.2. The highest BCUT2D eigenvalue weighted by atomic mass is 16.2. The molecule has 0 bridgehead atoms. The first-order valence-corrected chi connectivity index (χ1v) is 7.78. The van der Waals surface area contributed by atoms with Crippen LogP contribution in [0.15, 0.2) is 30.3 Å². The molecule has 1 unspecified atom stereocenters. The van der Waals surface area contributed by atoms with Crippen LogP contribution in [0.25, 0.3) is 0 Å². The average Bonchev–Trinajstić information content (AvgIpc) is 3.04. The fourth-order valence-electron chi connectivity index (χ4n) is 3.09. The molecular weight excluding hydrogens is 248 g/mol. The first-order chi connectivity index (χ1) is 9.72. The van der Waals surface area contributed by atoms with Crippen molar-refractivity contribution in [1.29, 1.82) is 0 Å². The van der Waals surface area contributed by atoms with E-state index < -0.39 is 0 Å². The van der Waals surface area contributed by atoms with Crippen molar-refractivity contribution in [2.45, 2.75) is 51.0 Å². The second-order valence-electron chi connectivity index (χ2n) is 5.72. The zero-order valence-corrected chi connectivity index (χ0v) is 12.6. The van der Waals surface area contributed by atoms with Gasteiger partial charge >= 0.3 is 0 Å². The minimum atomic E-state index is 0.0113. The van der Waals surface area contributed by atoms with E-state index >= 15 is 0 Å². The number of hydrogen-bond acceptors (Lipinski definition) is 2. The lowest BCUT2D eigenvalue weighted by atomic mass is 9.76. The highest BCUT2D eigenvalue weighted by molar-refractivity contribution is 5.82. The van der Waals surface area contributed by atoms with Crippen molar-refractivity contribution >= 4 is 5.91 Å². The van der Waals surface area contributed by atoms with Gasteiger partial charge < -0.3 is 10.6 Å². The molecule has 0 spiro atoms. The normalized spacial score (nSPS) is 19.0. The van der Waals surface area contributed by atoms with Gasteiger partial charge in [-0.2, -0.15) is 0 Å². The van der Waals surface area contributed by atoms with E-state index in [2.05, 4.69) is 48.7 Å². The highest BCUT2D eigenvalue weighted by Gasteiger charge is 2.30. The molecule has 20 heavy (non-hydrogen) atoms. The Morgan fingerprint density at radius 2 is 2.00 bits per heavy atom. The van der Waals surface area contributed by atoms with Gasteiger partial charge in [0.05, 0.1) is 6.04 Å². The quantitative estimate of drug-likeness (QED) is 0.837. The van der Waals surface area contributed by atoms with E-state index in [0.717, 1.165) is 38.8 Å². The van der Waals surface area contributed by atoms with Crippen LogP contribution in [0.2, 0.25) is 0 Å². The summed E-state index contributed by atoms with van der Waals surface area (Å²) in [5.74, 6) is 0.157. The molecule has 2 N–H and O–H groups in total. The molecule has 1 aromatic carbocycles. The first-order valence-electron chi connectivity index (χ1n) is 7.78. The number of nitrogens with one attached hydrogen (secondary N) is 2. The third-order valence-electron chi connectivity index (χ3n) is 4.72. The third kappa shape index (κ3) is 3.21. The van der Waals surface area contributed by atoms with Gasteiger partial charge in [-0.15, -0.1) is 0 Å². The minimum Gasteiger partial charge on any atom is -0.354 e. The van der Waals surface area contributed by atoms with E-state index in [1.54, 1.807) is 0 Å². The van der Waals surface area contributed by atoms with Crippen LogP contribution < -0.4 is 10.6 Å². The number of benzene rings is 1. The van der Waals surface area contributed by atoms with Crippen LogP contribution in [-0.4, -0.2) is 25.0 Å². The molecule has 0 aliphatic carbocycles. The summed E-state index contributed by atoms with van der Waals surface area (Å²) in [5, 5.41) is 6.42. The summed E-state index contributed by atoms with van der Waals surface area (Å²) in [4.78, 5) is 12.2. The Bertz CT molecular complexity index is 420. The van der Waals surface area contributed by atoms with E-state index in [9.17, 15) is 4.79 Å². The smallest absolute Gasteiger partial charge is 0.237 e. The van der Waals surface area contributed by atoms with E-state index in [-0.39, 0.29) is 17.4 Å². The predicted molar refractivity (Wildman–Crippen MR) is 82.7 cm³/mol. The fraction of sp³-hybridized carbons (Fsp3) is 0.588. The van der Waals surface area contributed by atoms with Gasteiger partial charge in [0.1, 0.15) is 0 Å². The van der Waals surface area contributed by atoms with Gasteiger partial charge in [0, 0.05) is 12.0 Å². The summed E-state index contributed by atoms with van der Waals surface area (Å²) in [6.45, 7) is 6.09. The molecule has 1 amide bonds. The van der Waals surface area contributed by atoms with Crippen molar-refractivity contribution in [3.8, 4) is 0 Å². The van der Waals surface area contributed by atoms with Gasteiger partial charge in [0.15, 0.2) is 0 Å². The first kappa shape index (κ1) is 15.0. The molecule has 3 nitrogen and oxygen atoms in total. The minimum absolute atomic E-state index is 0.0113. The van der Waals surface area contributed by atoms with Crippen LogP contribution >= 0.6 is 0 Å². The van der Waals surface area contributed by atoms with Crippen LogP contribution in [0.4, 0.5) is 0 Å². The lowest BCUT2D eigenvalue weighted by Gasteiger charge is -2.33. The van der Waals surface area contributed by atoms with Gasteiger partial charge in [-0.1, -0.05) is 44.2 Å². The zero-order valence-electron chi connectivity index (χ0n) is 12.6. The second-order valence-corrected chi connectivity index (χ2v) is 5.72. The predicted octanol–water partition coefficient (Wildman–Crippen LogP) is 2.61. The standard InChI is InChI=1S/C17H26N2O/c1-3-17(4-2,14-9-6-5-7-10-14)13-19-16(20)15-11-8-12-18-15/h5-7,9-10,15,18H,3-4,8,11-13H2,1-2H3,(H,19,20). The van der Waals surface area contributed by atoms with Gasteiger partial charge in [-0.3, -0.25) is 4.79 Å². The van der Waals surface area contributed by atoms with Crippen molar-refractivity contribution in [1.82, 2.24) is 10.6 Å². The molecule has 1 heterocycles. The van der Waals surface area contributed by atoms with E-state index in [1.807, 2.05) is 6.07 Å². The van der Waals surface area contributed by atoms with Crippen LogP contribution in [0.1, 0.15) is 45.1 Å². The summed E-state index contributed by atoms with van der Waals surface area (Å²) >= 11 is 0. The molecular formula is C17H26N2O. The van der Waals surface area contributed by atoms with Gasteiger partial charge in [0.2, 0.25) is 5.91 Å². The van der Waals surface area contributed by atoms with Crippen molar-refractivity contribution in [3.63, 3.8) is 0 Å². The number of carbonyl (C=O) groups excluding carboxylic acids is 1. The molecule has 0 aromatic heterocycles. The molecule has 1 aliphatic rings. The maximum atomic E-state index is 12.2. The van der Waals surface area contributed by atoms with Crippen LogP contribution in [0, 0.1) is 0 Å². The molecule has 0 saturated carbocycles. The van der Waals surface area contributed by atoms with Crippen molar-refractivity contribution in [3.05, 3.63) is 35.9 Å². The summed E-state index contributed by atoms with van der Waals surface area (Å²) < 4.78 is 0. The Kier molecular flexibility index (Phi) is 5.18. The Hall–Kier alpha value is -1.35. The van der Waals surface area contributed by atoms with E-state index in [0.29, 0.717) is 0 Å². The maximum Gasteiger partial charge on any atom is 0.237 e. The number of carbonyl (C=O) groups is 1. The second kappa shape index (κ2) is 6.89. The number of rotatable bonds is 6. The summed E-state index contributed by atoms with van der Waals surface area (Å²) in [7, 11) is 0. The Morgan fingerprint density at radius 1 is 1.30 bits per heavy atom. The number of hydrogen-bond donors (Lipinski definition) is 2. The fourth-order valence-corrected chi connectivity index (χ4v) is 3.09. The lowest BCUT2D eigenvalue weighted by molar-refractivity contribution is -0.123. The highest BCUT2D eigenvalue weighted by Crippen LogP contribution is 2.30. The molecule has 3 heteroatoms. The van der Waals surface area contributed by atoms with Gasteiger partial charge in [0.25, 0.3) is 0 Å². The molecule has 1 aromatic rings. The van der Waals surface area contributed by atoms with E-state index in [1.165, 1.54) is 5.56 Å².